The molecule has 10 heavy (non-hydrogen) atoms. The highest BCUT2D eigenvalue weighted by atomic mass is 35.5. The predicted octanol–water partition coefficient (Wildman–Crippen LogP) is 4.08. The van der Waals surface area contributed by atoms with Gasteiger partial charge in [0.1, 0.15) is 0 Å². The van der Waals surface area contributed by atoms with Gasteiger partial charge in [-0.1, -0.05) is 28.2 Å². The van der Waals surface area contributed by atoms with Gasteiger partial charge in [0, 0.05) is 4.87 Å². The van der Waals surface area contributed by atoms with E-state index in [-0.39, 0.29) is 12.3 Å². The number of alkyl halides is 1. The molecule has 0 saturated heterocycles. The Morgan fingerprint density at radius 3 is 1.90 bits per heavy atom. The third-order valence-electron chi connectivity index (χ3n) is 1.57. The van der Waals surface area contributed by atoms with Crippen molar-refractivity contribution in [3.05, 3.63) is 0 Å². The first-order valence-electron chi connectivity index (χ1n) is 3.67. The molecule has 0 aliphatic carbocycles. The summed E-state index contributed by atoms with van der Waals surface area (Å²) >= 11 is 6.12. The van der Waals surface area contributed by atoms with E-state index in [0.29, 0.717) is 5.92 Å². The van der Waals surface area contributed by atoms with Crippen molar-refractivity contribution in [2.45, 2.75) is 52.8 Å². The Hall–Kier alpha value is 0.290. The maximum absolute atomic E-state index is 6.12. The Morgan fingerprint density at radius 1 is 1.40 bits per heavy atom. The van der Waals surface area contributed by atoms with Gasteiger partial charge in [-0.2, -0.15) is 0 Å². The Bertz CT molecular complexity index is 74.8. The highest BCUT2D eigenvalue weighted by molar-refractivity contribution is 6.23. The highest BCUT2D eigenvalue weighted by Gasteiger charge is 2.18. The summed E-state index contributed by atoms with van der Waals surface area (Å²) in [5, 5.41) is 0. The Morgan fingerprint density at radius 2 is 1.80 bits per heavy atom. The van der Waals surface area contributed by atoms with E-state index in [1.807, 2.05) is 0 Å². The summed E-state index contributed by atoms with van der Waals surface area (Å²) in [4.78, 5) is 0.0359. The molecule has 0 aromatic rings. The Balaban J connectivity index is 0. The van der Waals surface area contributed by atoms with Crippen LogP contribution in [0.1, 0.15) is 48.0 Å². The van der Waals surface area contributed by atoms with Crippen molar-refractivity contribution in [1.29, 1.82) is 0 Å². The molecule has 0 N–H and O–H groups in total. The molecule has 0 saturated carbocycles. The third kappa shape index (κ3) is 6.41. The number of rotatable bonds is 3. The van der Waals surface area contributed by atoms with Gasteiger partial charge in [-0.3, -0.25) is 0 Å². The first-order chi connectivity index (χ1) is 3.98. The van der Waals surface area contributed by atoms with E-state index >= 15 is 0 Å². The molecule has 1 atom stereocenters. The molecule has 1 heteroatoms. The molecule has 0 aromatic heterocycles. The van der Waals surface area contributed by atoms with Gasteiger partial charge in [0.15, 0.2) is 0 Å². The predicted molar refractivity (Wildman–Crippen MR) is 50.7 cm³/mol. The van der Waals surface area contributed by atoms with Crippen molar-refractivity contribution in [2.75, 3.05) is 0 Å². The van der Waals surface area contributed by atoms with Crippen LogP contribution in [0.25, 0.3) is 0 Å². The minimum absolute atomic E-state index is 0. The Kier molecular flexibility index (Phi) is 6.47. The quantitative estimate of drug-likeness (QED) is 0.552. The lowest BCUT2D eigenvalue weighted by atomic mass is 9.96. The summed E-state index contributed by atoms with van der Waals surface area (Å²) in [5.41, 5.74) is 0. The van der Waals surface area contributed by atoms with Gasteiger partial charge in [0.25, 0.3) is 0 Å². The number of hydrogen-bond acceptors (Lipinski definition) is 0. The van der Waals surface area contributed by atoms with Gasteiger partial charge in [-0.25, -0.2) is 0 Å². The lowest BCUT2D eigenvalue weighted by molar-refractivity contribution is 0.458. The van der Waals surface area contributed by atoms with Gasteiger partial charge in [-0.05, 0) is 25.7 Å². The average molecular weight is 165 g/mol. The molecule has 64 valence electrons. The minimum atomic E-state index is 0. The van der Waals surface area contributed by atoms with Crippen LogP contribution in [0.15, 0.2) is 0 Å². The van der Waals surface area contributed by atoms with E-state index in [2.05, 4.69) is 27.7 Å². The molecule has 0 radical (unpaired) electrons. The van der Waals surface area contributed by atoms with Crippen LogP contribution in [0.2, 0.25) is 0 Å². The van der Waals surface area contributed by atoms with Gasteiger partial charge in [-0.15, -0.1) is 11.6 Å². The van der Waals surface area contributed by atoms with Crippen LogP contribution in [0, 0.1) is 5.92 Å². The molecule has 0 aliphatic heterocycles. The van der Waals surface area contributed by atoms with E-state index in [9.17, 15) is 0 Å². The first kappa shape index (κ1) is 12.9. The summed E-state index contributed by atoms with van der Waals surface area (Å²) < 4.78 is 0. The highest BCUT2D eigenvalue weighted by Crippen LogP contribution is 2.26. The van der Waals surface area contributed by atoms with Gasteiger partial charge < -0.3 is 0 Å². The molecule has 1 unspecified atom stereocenters. The van der Waals surface area contributed by atoms with Crippen LogP contribution in [0.3, 0.4) is 0 Å². The number of hydrogen-bond donors (Lipinski definition) is 0. The minimum Gasteiger partial charge on any atom is -0.120 e. The second-order valence-corrected chi connectivity index (χ2v) is 4.28. The van der Waals surface area contributed by atoms with Crippen LogP contribution in [-0.4, -0.2) is 4.87 Å². The topological polar surface area (TPSA) is 0 Å². The smallest absolute Gasteiger partial charge is 0.0418 e. The second-order valence-electron chi connectivity index (χ2n) is 3.36. The molecular weight excluding hydrogens is 144 g/mol. The zero-order chi connectivity index (χ0) is 7.49. The van der Waals surface area contributed by atoms with Crippen LogP contribution in [0.4, 0.5) is 0 Å². The number of halogens is 1. The van der Waals surface area contributed by atoms with Crippen LogP contribution >= 0.6 is 11.6 Å². The van der Waals surface area contributed by atoms with Gasteiger partial charge >= 0.3 is 0 Å². The summed E-state index contributed by atoms with van der Waals surface area (Å²) in [6.45, 7) is 8.65. The van der Waals surface area contributed by atoms with Crippen molar-refractivity contribution in [3.8, 4) is 0 Å². The molecular formula is C9H21Cl. The molecule has 0 aromatic carbocycles. The van der Waals surface area contributed by atoms with E-state index in [1.54, 1.807) is 0 Å². The molecule has 0 aliphatic rings. The largest absolute Gasteiger partial charge is 0.120 e. The van der Waals surface area contributed by atoms with Crippen LogP contribution in [0.5, 0.6) is 0 Å². The van der Waals surface area contributed by atoms with E-state index in [0.717, 1.165) is 12.8 Å². The molecule has 0 spiro atoms. The standard InChI is InChI=1S/C8H17Cl.CH4/c1-5-8(4,9)6-7(2)3;/h7H,5-6H2,1-4H3;1H4. The summed E-state index contributed by atoms with van der Waals surface area (Å²) in [5.74, 6) is 0.715. The Labute approximate surface area is 71.0 Å². The average Bonchev–Trinajstić information content (AvgIpc) is 1.63. The maximum Gasteiger partial charge on any atom is 0.0418 e. The van der Waals surface area contributed by atoms with Crippen molar-refractivity contribution in [2.24, 2.45) is 5.92 Å². The summed E-state index contributed by atoms with van der Waals surface area (Å²) in [7, 11) is 0. The fraction of sp³-hybridized carbons (Fsp3) is 1.00. The lowest BCUT2D eigenvalue weighted by Crippen LogP contribution is -2.17. The normalized spacial score (nSPS) is 16.2. The zero-order valence-corrected chi connectivity index (χ0v) is 7.63. The summed E-state index contributed by atoms with van der Waals surface area (Å²) in [6.07, 6.45) is 2.18. The first-order valence-corrected chi connectivity index (χ1v) is 4.04. The molecule has 0 amide bonds. The molecule has 0 fully saturated rings. The van der Waals surface area contributed by atoms with Crippen molar-refractivity contribution in [3.63, 3.8) is 0 Å². The zero-order valence-electron chi connectivity index (χ0n) is 6.87. The monoisotopic (exact) mass is 164 g/mol. The summed E-state index contributed by atoms with van der Waals surface area (Å²) in [6, 6.07) is 0. The van der Waals surface area contributed by atoms with Gasteiger partial charge in [0.2, 0.25) is 0 Å². The lowest BCUT2D eigenvalue weighted by Gasteiger charge is -2.21. The fourth-order valence-electron chi connectivity index (χ4n) is 0.996. The molecule has 0 heterocycles. The molecule has 0 nitrogen and oxygen atoms in total. The van der Waals surface area contributed by atoms with Crippen molar-refractivity contribution < 1.29 is 0 Å². The van der Waals surface area contributed by atoms with Crippen molar-refractivity contribution >= 4 is 11.6 Å². The maximum atomic E-state index is 6.12. The van der Waals surface area contributed by atoms with Gasteiger partial charge in [0.05, 0.1) is 0 Å². The van der Waals surface area contributed by atoms with Crippen LogP contribution < -0.4 is 0 Å². The second kappa shape index (κ2) is 5.01. The van der Waals surface area contributed by atoms with E-state index < -0.39 is 0 Å². The van der Waals surface area contributed by atoms with E-state index in [4.69, 9.17) is 11.6 Å². The third-order valence-corrected chi connectivity index (χ3v) is 1.99. The molecule has 0 rings (SSSR count). The van der Waals surface area contributed by atoms with Crippen LogP contribution in [-0.2, 0) is 0 Å². The molecule has 0 bridgehead atoms. The fourth-order valence-corrected chi connectivity index (χ4v) is 1.30. The van der Waals surface area contributed by atoms with Crippen molar-refractivity contribution in [1.82, 2.24) is 0 Å². The van der Waals surface area contributed by atoms with E-state index in [1.165, 1.54) is 0 Å². The SMILES string of the molecule is C.CCC(C)(Cl)CC(C)C.